The molecule has 1 heterocycles. The first-order chi connectivity index (χ1) is 5.95. The molecule has 0 saturated heterocycles. The summed E-state index contributed by atoms with van der Waals surface area (Å²) in [7, 11) is 0. The second-order valence-electron chi connectivity index (χ2n) is 2.21. The third-order valence-electron chi connectivity index (χ3n) is 1.28. The summed E-state index contributed by atoms with van der Waals surface area (Å²) in [4.78, 5) is 5.74. The Morgan fingerprint density at radius 3 is 2.46 bits per heavy atom. The number of nitrogens with two attached hydrogens (primary N) is 1. The van der Waals surface area contributed by atoms with Crippen molar-refractivity contribution in [1.82, 2.24) is 4.98 Å². The number of alkyl halides is 3. The highest BCUT2D eigenvalue weighted by atomic mass is 19.4. The van der Waals surface area contributed by atoms with Crippen LogP contribution in [0.4, 0.5) is 24.7 Å². The summed E-state index contributed by atoms with van der Waals surface area (Å²) in [5.41, 5.74) is 3.29. The molecule has 0 amide bonds. The Hall–Kier alpha value is -1.77. The molecule has 68 valence electrons. The van der Waals surface area contributed by atoms with Gasteiger partial charge in [0, 0.05) is 0 Å². The minimum atomic E-state index is -4.63. The Labute approximate surface area is 71.8 Å². The zero-order valence-electron chi connectivity index (χ0n) is 6.26. The van der Waals surface area contributed by atoms with Crippen LogP contribution >= 0.6 is 0 Å². The minimum absolute atomic E-state index is 0.250. The Morgan fingerprint density at radius 2 is 2.00 bits per heavy atom. The summed E-state index contributed by atoms with van der Waals surface area (Å²) in [5, 5.41) is 0. The van der Waals surface area contributed by atoms with Crippen molar-refractivity contribution in [2.75, 3.05) is 5.73 Å². The van der Waals surface area contributed by atoms with E-state index in [-0.39, 0.29) is 5.82 Å². The van der Waals surface area contributed by atoms with E-state index in [1.807, 2.05) is 0 Å². The zero-order chi connectivity index (χ0) is 10.1. The van der Waals surface area contributed by atoms with Crippen molar-refractivity contribution >= 4 is 11.5 Å². The number of aromatic nitrogens is 1. The van der Waals surface area contributed by atoms with Crippen molar-refractivity contribution in [2.24, 2.45) is 0 Å². The predicted octanol–water partition coefficient (Wildman–Crippen LogP) is 2.23. The highest BCUT2D eigenvalue weighted by Gasteiger charge is 2.35. The summed E-state index contributed by atoms with van der Waals surface area (Å²) >= 11 is 0. The van der Waals surface area contributed by atoms with Gasteiger partial charge in [-0.25, -0.2) is 9.83 Å². The average Bonchev–Trinajstić information content (AvgIpc) is 2.03. The number of pyridine rings is 1. The fourth-order valence-electron chi connectivity index (χ4n) is 0.766. The largest absolute Gasteiger partial charge is 0.423 e. The molecule has 0 spiro atoms. The van der Waals surface area contributed by atoms with Crippen molar-refractivity contribution in [3.63, 3.8) is 0 Å². The zero-order valence-corrected chi connectivity index (χ0v) is 6.26. The number of hydrogen-bond donors (Lipinski definition) is 1. The first-order valence-corrected chi connectivity index (χ1v) is 3.16. The molecule has 1 aromatic rings. The second-order valence-corrected chi connectivity index (χ2v) is 2.21. The standard InChI is InChI=1S/C7H4F3N3/c1-12-4-2-3-5(11)13-6(4)7(8,9)10/h2-3H,(H2,11,13). The molecule has 0 aliphatic rings. The van der Waals surface area contributed by atoms with Crippen LogP contribution in [-0.2, 0) is 6.18 Å². The predicted molar refractivity (Wildman–Crippen MR) is 39.9 cm³/mol. The van der Waals surface area contributed by atoms with Crippen LogP contribution in [0, 0.1) is 6.57 Å². The van der Waals surface area contributed by atoms with Crippen LogP contribution in [0.5, 0.6) is 0 Å². The molecule has 2 N–H and O–H groups in total. The lowest BCUT2D eigenvalue weighted by molar-refractivity contribution is -0.140. The molecular weight excluding hydrogens is 183 g/mol. The maximum absolute atomic E-state index is 12.2. The van der Waals surface area contributed by atoms with Crippen molar-refractivity contribution in [3.05, 3.63) is 29.2 Å². The number of halogens is 3. The minimum Gasteiger partial charge on any atom is -0.384 e. The summed E-state index contributed by atoms with van der Waals surface area (Å²) in [5.74, 6) is -0.250. The van der Waals surface area contributed by atoms with E-state index < -0.39 is 17.6 Å². The number of nitrogens with zero attached hydrogens (tertiary/aromatic N) is 2. The Bertz CT molecular complexity index is 364. The van der Waals surface area contributed by atoms with Crippen molar-refractivity contribution < 1.29 is 13.2 Å². The fourth-order valence-corrected chi connectivity index (χ4v) is 0.766. The molecule has 0 fully saturated rings. The van der Waals surface area contributed by atoms with Gasteiger partial charge in [-0.05, 0) is 6.07 Å². The monoisotopic (exact) mass is 187 g/mol. The molecule has 6 heteroatoms. The molecule has 0 bridgehead atoms. The van der Waals surface area contributed by atoms with Gasteiger partial charge in [-0.3, -0.25) is 0 Å². The van der Waals surface area contributed by atoms with Gasteiger partial charge in [0.05, 0.1) is 6.57 Å². The Kier molecular flexibility index (Phi) is 2.10. The number of nitrogen functional groups attached to an aromatic ring is 1. The summed E-state index contributed by atoms with van der Waals surface area (Å²) in [6, 6.07) is 2.15. The topological polar surface area (TPSA) is 43.3 Å². The molecule has 0 radical (unpaired) electrons. The van der Waals surface area contributed by atoms with Crippen LogP contribution in [0.25, 0.3) is 4.85 Å². The molecule has 1 rings (SSSR count). The molecular formula is C7H4F3N3. The van der Waals surface area contributed by atoms with E-state index in [0.29, 0.717) is 0 Å². The van der Waals surface area contributed by atoms with E-state index in [1.165, 1.54) is 0 Å². The second kappa shape index (κ2) is 2.94. The Balaban J connectivity index is 3.35. The van der Waals surface area contributed by atoms with Crippen molar-refractivity contribution in [3.8, 4) is 0 Å². The smallest absolute Gasteiger partial charge is 0.384 e. The normalized spacial score (nSPS) is 10.9. The van der Waals surface area contributed by atoms with Gasteiger partial charge in [-0.15, -0.1) is 0 Å². The van der Waals surface area contributed by atoms with E-state index in [2.05, 4.69) is 9.83 Å². The fraction of sp³-hybridized carbons (Fsp3) is 0.143. The van der Waals surface area contributed by atoms with Crippen LogP contribution in [0.15, 0.2) is 12.1 Å². The van der Waals surface area contributed by atoms with E-state index in [1.54, 1.807) is 0 Å². The van der Waals surface area contributed by atoms with Crippen LogP contribution in [0.3, 0.4) is 0 Å². The average molecular weight is 187 g/mol. The molecule has 0 unspecified atom stereocenters. The summed E-state index contributed by atoms with van der Waals surface area (Å²) in [6.45, 7) is 6.48. The molecule has 0 saturated carbocycles. The van der Waals surface area contributed by atoms with Gasteiger partial charge in [0.1, 0.15) is 5.82 Å². The molecule has 3 nitrogen and oxygen atoms in total. The Morgan fingerprint density at radius 1 is 1.38 bits per heavy atom. The number of hydrogen-bond acceptors (Lipinski definition) is 2. The first-order valence-electron chi connectivity index (χ1n) is 3.16. The van der Waals surface area contributed by atoms with Gasteiger partial charge in [0.2, 0.25) is 5.69 Å². The van der Waals surface area contributed by atoms with E-state index in [0.717, 1.165) is 12.1 Å². The van der Waals surface area contributed by atoms with Gasteiger partial charge in [0.25, 0.3) is 0 Å². The molecule has 0 aromatic carbocycles. The number of anilines is 1. The van der Waals surface area contributed by atoms with E-state index in [4.69, 9.17) is 12.3 Å². The van der Waals surface area contributed by atoms with Gasteiger partial charge >= 0.3 is 6.18 Å². The maximum Gasteiger partial charge on any atom is 0.423 e. The summed E-state index contributed by atoms with van der Waals surface area (Å²) in [6.07, 6.45) is -4.63. The highest BCUT2D eigenvalue weighted by Crippen LogP contribution is 2.35. The lowest BCUT2D eigenvalue weighted by Gasteiger charge is -2.07. The summed E-state index contributed by atoms with van der Waals surface area (Å²) < 4.78 is 36.5. The van der Waals surface area contributed by atoms with E-state index in [9.17, 15) is 13.2 Å². The maximum atomic E-state index is 12.2. The third-order valence-corrected chi connectivity index (χ3v) is 1.28. The van der Waals surface area contributed by atoms with Gasteiger partial charge in [0.15, 0.2) is 5.69 Å². The molecule has 0 atom stereocenters. The van der Waals surface area contributed by atoms with Gasteiger partial charge in [-0.1, -0.05) is 6.07 Å². The molecule has 0 aliphatic carbocycles. The van der Waals surface area contributed by atoms with Gasteiger partial charge in [-0.2, -0.15) is 13.2 Å². The van der Waals surface area contributed by atoms with Crippen LogP contribution in [-0.4, -0.2) is 4.98 Å². The molecule has 0 aliphatic heterocycles. The van der Waals surface area contributed by atoms with E-state index >= 15 is 0 Å². The van der Waals surface area contributed by atoms with Crippen LogP contribution in [0.1, 0.15) is 5.69 Å². The van der Waals surface area contributed by atoms with Crippen molar-refractivity contribution in [2.45, 2.75) is 6.18 Å². The van der Waals surface area contributed by atoms with Gasteiger partial charge < -0.3 is 5.73 Å². The molecule has 13 heavy (non-hydrogen) atoms. The molecule has 1 aromatic heterocycles. The quantitative estimate of drug-likeness (QED) is 0.633. The van der Waals surface area contributed by atoms with Crippen LogP contribution in [0.2, 0.25) is 0 Å². The van der Waals surface area contributed by atoms with Crippen LogP contribution < -0.4 is 5.73 Å². The van der Waals surface area contributed by atoms with Crippen molar-refractivity contribution in [1.29, 1.82) is 0 Å². The lowest BCUT2D eigenvalue weighted by Crippen LogP contribution is -2.09. The first kappa shape index (κ1) is 9.32. The lowest BCUT2D eigenvalue weighted by atomic mass is 10.3. The highest BCUT2D eigenvalue weighted by molar-refractivity contribution is 5.53. The SMILES string of the molecule is [C-]#[N+]c1ccc(N)nc1C(F)(F)F. The number of rotatable bonds is 0. The third kappa shape index (κ3) is 1.87.